The van der Waals surface area contributed by atoms with Crippen molar-refractivity contribution in [3.63, 3.8) is 0 Å². The van der Waals surface area contributed by atoms with Gasteiger partial charge < -0.3 is 10.2 Å². The molecule has 0 radical (unpaired) electrons. The molecule has 5 nitrogen and oxygen atoms in total. The van der Waals surface area contributed by atoms with Crippen molar-refractivity contribution in [2.75, 3.05) is 13.6 Å². The van der Waals surface area contributed by atoms with Gasteiger partial charge in [0.15, 0.2) is 6.54 Å². The normalized spacial score (nSPS) is 18.1. The number of hydrogen-bond acceptors (Lipinski definition) is 4. The van der Waals surface area contributed by atoms with Crippen LogP contribution in [0.5, 0.6) is 0 Å². The maximum Gasteiger partial charge on any atom is 0.276 e. The van der Waals surface area contributed by atoms with Crippen LogP contribution in [-0.2, 0) is 11.3 Å². The van der Waals surface area contributed by atoms with Gasteiger partial charge in [0.2, 0.25) is 0 Å². The summed E-state index contributed by atoms with van der Waals surface area (Å²) in [6, 6.07) is 10.3. The molecule has 23 heavy (non-hydrogen) atoms. The summed E-state index contributed by atoms with van der Waals surface area (Å²) in [7, 11) is 1.98. The van der Waals surface area contributed by atoms with Gasteiger partial charge in [-0.2, -0.15) is 5.26 Å². The zero-order chi connectivity index (χ0) is 16.4. The van der Waals surface area contributed by atoms with Crippen molar-refractivity contribution >= 4 is 27.5 Å². The van der Waals surface area contributed by atoms with Crippen molar-refractivity contribution in [1.29, 1.82) is 5.26 Å². The van der Waals surface area contributed by atoms with E-state index >= 15 is 0 Å². The fourth-order valence-electron chi connectivity index (χ4n) is 2.81. The summed E-state index contributed by atoms with van der Waals surface area (Å²) in [6.07, 6.45) is 2.05. The molecule has 1 aromatic heterocycles. The quantitative estimate of drug-likeness (QED) is 0.834. The number of benzene rings is 1. The van der Waals surface area contributed by atoms with Gasteiger partial charge in [0.1, 0.15) is 17.1 Å². The summed E-state index contributed by atoms with van der Waals surface area (Å²) in [4.78, 5) is 17.9. The molecule has 0 aliphatic heterocycles. The molecule has 0 bridgehead atoms. The molecule has 3 rings (SSSR count). The number of nitrogens with one attached hydrogen (secondary N) is 2. The molecular formula is C17H21N4OS+. The Morgan fingerprint density at radius 2 is 2.26 bits per heavy atom. The molecule has 2 atom stereocenters. The highest BCUT2D eigenvalue weighted by molar-refractivity contribution is 7.18. The van der Waals surface area contributed by atoms with Crippen LogP contribution in [0.1, 0.15) is 24.8 Å². The van der Waals surface area contributed by atoms with Gasteiger partial charge in [0, 0.05) is 0 Å². The third kappa shape index (κ3) is 3.69. The number of aromatic nitrogens is 1. The van der Waals surface area contributed by atoms with E-state index in [-0.39, 0.29) is 5.91 Å². The van der Waals surface area contributed by atoms with Crippen LogP contribution in [0.15, 0.2) is 24.3 Å². The number of amides is 1. The highest BCUT2D eigenvalue weighted by Gasteiger charge is 2.43. The van der Waals surface area contributed by atoms with E-state index in [0.717, 1.165) is 28.3 Å². The standard InChI is InChI=1S/C17H20N4OS/c1-17(11-18,12-7-8-12)20-15(22)9-21(2)10-16-19-13-5-3-4-6-14(13)23-16/h3-6,12H,7-10H2,1-2H3,(H,20,22)/p+1/t17-/m1/s1. The lowest BCUT2D eigenvalue weighted by Gasteiger charge is -2.23. The molecular weight excluding hydrogens is 308 g/mol. The third-order valence-corrected chi connectivity index (χ3v) is 5.32. The van der Waals surface area contributed by atoms with Crippen molar-refractivity contribution < 1.29 is 9.69 Å². The second kappa shape index (κ2) is 6.26. The van der Waals surface area contributed by atoms with Crippen molar-refractivity contribution in [3.05, 3.63) is 29.3 Å². The molecule has 0 saturated heterocycles. The molecule has 6 heteroatoms. The predicted octanol–water partition coefficient (Wildman–Crippen LogP) is 1.12. The number of nitrogens with zero attached hydrogens (tertiary/aromatic N) is 2. The first-order chi connectivity index (χ1) is 11.0. The monoisotopic (exact) mass is 329 g/mol. The smallest absolute Gasteiger partial charge is 0.276 e. The van der Waals surface area contributed by atoms with E-state index in [2.05, 4.69) is 22.4 Å². The van der Waals surface area contributed by atoms with E-state index in [0.29, 0.717) is 19.0 Å². The van der Waals surface area contributed by atoms with E-state index in [9.17, 15) is 10.1 Å². The summed E-state index contributed by atoms with van der Waals surface area (Å²) in [6.45, 7) is 2.88. The van der Waals surface area contributed by atoms with Crippen LogP contribution < -0.4 is 10.2 Å². The number of fused-ring (bicyclic) bond motifs is 1. The van der Waals surface area contributed by atoms with E-state index in [1.54, 1.807) is 11.3 Å². The minimum Gasteiger partial charge on any atom is -0.333 e. The highest BCUT2D eigenvalue weighted by Crippen LogP contribution is 2.39. The largest absolute Gasteiger partial charge is 0.333 e. The van der Waals surface area contributed by atoms with Crippen molar-refractivity contribution in [2.24, 2.45) is 5.92 Å². The minimum atomic E-state index is -0.715. The number of nitriles is 1. The molecule has 1 aromatic carbocycles. The van der Waals surface area contributed by atoms with Crippen LogP contribution >= 0.6 is 11.3 Å². The fraction of sp³-hybridized carbons (Fsp3) is 0.471. The zero-order valence-corrected chi connectivity index (χ0v) is 14.2. The van der Waals surface area contributed by atoms with Gasteiger partial charge in [-0.1, -0.05) is 12.1 Å². The van der Waals surface area contributed by atoms with Crippen LogP contribution in [0.3, 0.4) is 0 Å². The molecule has 120 valence electrons. The van der Waals surface area contributed by atoms with Crippen molar-refractivity contribution in [2.45, 2.75) is 31.8 Å². The van der Waals surface area contributed by atoms with Crippen LogP contribution in [0.4, 0.5) is 0 Å². The summed E-state index contributed by atoms with van der Waals surface area (Å²) < 4.78 is 1.17. The van der Waals surface area contributed by atoms with Gasteiger partial charge >= 0.3 is 0 Å². The number of thiazole rings is 1. The fourth-order valence-corrected chi connectivity index (χ4v) is 3.89. The second-order valence-corrected chi connectivity index (χ2v) is 7.64. The van der Waals surface area contributed by atoms with Gasteiger partial charge in [-0.15, -0.1) is 11.3 Å². The Labute approximate surface area is 139 Å². The van der Waals surface area contributed by atoms with Gasteiger partial charge in [-0.25, -0.2) is 4.98 Å². The Balaban J connectivity index is 1.57. The topological polar surface area (TPSA) is 70.2 Å². The predicted molar refractivity (Wildman–Crippen MR) is 90.0 cm³/mol. The van der Waals surface area contributed by atoms with Crippen LogP contribution in [0.25, 0.3) is 10.2 Å². The van der Waals surface area contributed by atoms with Gasteiger partial charge in [-0.3, -0.25) is 4.79 Å². The molecule has 1 saturated carbocycles. The number of carbonyl (C=O) groups excluding carboxylic acids is 1. The van der Waals surface area contributed by atoms with Gasteiger partial charge in [0.25, 0.3) is 5.91 Å². The van der Waals surface area contributed by atoms with E-state index in [1.165, 1.54) is 4.70 Å². The number of likely N-dealkylation sites (N-methyl/N-ethyl adjacent to an activating group) is 1. The van der Waals surface area contributed by atoms with Gasteiger partial charge in [-0.05, 0) is 37.8 Å². The molecule has 0 spiro atoms. The molecule has 1 aliphatic carbocycles. The molecule has 1 fully saturated rings. The van der Waals surface area contributed by atoms with E-state index < -0.39 is 5.54 Å². The first-order valence-corrected chi connectivity index (χ1v) is 8.70. The Morgan fingerprint density at radius 3 is 2.91 bits per heavy atom. The molecule has 1 unspecified atom stereocenters. The van der Waals surface area contributed by atoms with E-state index in [1.807, 2.05) is 32.2 Å². The maximum atomic E-state index is 12.2. The van der Waals surface area contributed by atoms with Crippen LogP contribution in [-0.4, -0.2) is 30.0 Å². The summed E-state index contributed by atoms with van der Waals surface area (Å²) in [5.41, 5.74) is 0.295. The number of carbonyl (C=O) groups is 1. The number of quaternary nitrogens is 1. The number of hydrogen-bond donors (Lipinski definition) is 2. The summed E-state index contributed by atoms with van der Waals surface area (Å²) in [5, 5.41) is 13.3. The van der Waals surface area contributed by atoms with Crippen molar-refractivity contribution in [1.82, 2.24) is 10.3 Å². The second-order valence-electron chi connectivity index (χ2n) is 6.52. The lowest BCUT2D eigenvalue weighted by Crippen LogP contribution is -3.09. The average Bonchev–Trinajstić information content (AvgIpc) is 3.28. The first-order valence-electron chi connectivity index (χ1n) is 7.88. The molecule has 1 amide bonds. The number of para-hydroxylation sites is 1. The van der Waals surface area contributed by atoms with Crippen LogP contribution in [0.2, 0.25) is 0 Å². The molecule has 2 N–H and O–H groups in total. The first kappa shape index (κ1) is 15.9. The average molecular weight is 329 g/mol. The van der Waals surface area contributed by atoms with Gasteiger partial charge in [0.05, 0.1) is 23.3 Å². The summed E-state index contributed by atoms with van der Waals surface area (Å²) >= 11 is 1.67. The highest BCUT2D eigenvalue weighted by atomic mass is 32.1. The molecule has 1 aliphatic rings. The van der Waals surface area contributed by atoms with Crippen LogP contribution in [0, 0.1) is 17.2 Å². The van der Waals surface area contributed by atoms with Crippen molar-refractivity contribution in [3.8, 4) is 6.07 Å². The minimum absolute atomic E-state index is 0.0699. The molecule has 2 aromatic rings. The Hall–Kier alpha value is -1.97. The maximum absolute atomic E-state index is 12.2. The third-order valence-electron chi connectivity index (χ3n) is 4.28. The van der Waals surface area contributed by atoms with E-state index in [4.69, 9.17) is 0 Å². The SMILES string of the molecule is C[NH+](CC(=O)N[C@](C)(C#N)C1CC1)Cc1nc2ccccc2s1. The number of rotatable bonds is 6. The Kier molecular flexibility index (Phi) is 4.33. The lowest BCUT2D eigenvalue weighted by molar-refractivity contribution is -0.885. The Morgan fingerprint density at radius 1 is 1.52 bits per heavy atom. The molecule has 1 heterocycles. The Bertz CT molecular complexity index is 728. The zero-order valence-electron chi connectivity index (χ0n) is 13.4. The lowest BCUT2D eigenvalue weighted by atomic mass is 9.98. The summed E-state index contributed by atoms with van der Waals surface area (Å²) in [5.74, 6) is 0.237.